The number of ether oxygens (including phenoxy) is 3. The summed E-state index contributed by atoms with van der Waals surface area (Å²) >= 11 is 0. The Hall–Kier alpha value is -2.47. The molecule has 2 atom stereocenters. The van der Waals surface area contributed by atoms with Crippen molar-refractivity contribution in [3.8, 4) is 5.75 Å². The van der Waals surface area contributed by atoms with Crippen molar-refractivity contribution >= 4 is 17.5 Å². The van der Waals surface area contributed by atoms with Crippen LogP contribution in [0.25, 0.3) is 0 Å². The molecule has 162 valence electrons. The van der Waals surface area contributed by atoms with Crippen LogP contribution in [-0.2, 0) is 19.1 Å². The van der Waals surface area contributed by atoms with E-state index in [0.29, 0.717) is 36.7 Å². The van der Waals surface area contributed by atoms with Gasteiger partial charge in [0, 0.05) is 36.4 Å². The van der Waals surface area contributed by atoms with E-state index in [1.165, 1.54) is 0 Å². The molecule has 1 aliphatic carbocycles. The minimum absolute atomic E-state index is 0.107. The van der Waals surface area contributed by atoms with Crippen LogP contribution in [0.3, 0.4) is 0 Å². The molecule has 3 rings (SSSR count). The number of carbonyl (C=O) groups excluding carboxylic acids is 2. The fourth-order valence-electron chi connectivity index (χ4n) is 4.51. The van der Waals surface area contributed by atoms with E-state index in [0.717, 1.165) is 17.7 Å². The molecule has 1 unspecified atom stereocenters. The SMILES string of the molecule is CCOc1ccccc1[C@H]1C(C(=O)OCCOC)=C(C)N=C2CC(C)(C)CC(=O)C21. The summed E-state index contributed by atoms with van der Waals surface area (Å²) in [4.78, 5) is 31.1. The maximum Gasteiger partial charge on any atom is 0.336 e. The van der Waals surface area contributed by atoms with Crippen LogP contribution in [0.4, 0.5) is 0 Å². The van der Waals surface area contributed by atoms with Crippen LogP contribution in [0.1, 0.15) is 52.0 Å². The number of hydrogen-bond donors (Lipinski definition) is 0. The molecule has 0 amide bonds. The lowest BCUT2D eigenvalue weighted by atomic mass is 9.63. The Balaban J connectivity index is 2.13. The molecule has 1 aliphatic heterocycles. The minimum atomic E-state index is -0.478. The number of rotatable bonds is 7. The van der Waals surface area contributed by atoms with Crippen molar-refractivity contribution in [2.45, 2.75) is 46.5 Å². The van der Waals surface area contributed by atoms with Crippen molar-refractivity contribution < 1.29 is 23.8 Å². The topological polar surface area (TPSA) is 74.2 Å². The van der Waals surface area contributed by atoms with Gasteiger partial charge in [-0.15, -0.1) is 0 Å². The van der Waals surface area contributed by atoms with E-state index in [1.54, 1.807) is 7.11 Å². The third-order valence-electron chi connectivity index (χ3n) is 5.66. The quantitative estimate of drug-likeness (QED) is 0.497. The highest BCUT2D eigenvalue weighted by Crippen LogP contribution is 2.48. The first-order valence-electron chi connectivity index (χ1n) is 10.5. The fourth-order valence-corrected chi connectivity index (χ4v) is 4.51. The zero-order chi connectivity index (χ0) is 21.9. The predicted octanol–water partition coefficient (Wildman–Crippen LogP) is 4.09. The van der Waals surface area contributed by atoms with Crippen LogP contribution in [0.15, 0.2) is 40.5 Å². The summed E-state index contributed by atoms with van der Waals surface area (Å²) in [6.07, 6.45) is 1.18. The van der Waals surface area contributed by atoms with Crippen molar-refractivity contribution in [1.82, 2.24) is 0 Å². The Morgan fingerprint density at radius 1 is 1.17 bits per heavy atom. The van der Waals surface area contributed by atoms with E-state index in [-0.39, 0.29) is 17.8 Å². The molecule has 0 aromatic heterocycles. The average molecular weight is 414 g/mol. The molecule has 2 aliphatic rings. The molecular weight excluding hydrogens is 382 g/mol. The van der Waals surface area contributed by atoms with Crippen molar-refractivity contribution in [3.63, 3.8) is 0 Å². The number of Topliss-reactive ketones (excluding diaryl/α,β-unsaturated/α-hetero) is 1. The Labute approximate surface area is 178 Å². The number of hydrogen-bond acceptors (Lipinski definition) is 6. The summed E-state index contributed by atoms with van der Waals surface area (Å²) in [6.45, 7) is 8.85. The Bertz CT molecular complexity index is 883. The van der Waals surface area contributed by atoms with Crippen molar-refractivity contribution in [3.05, 3.63) is 41.1 Å². The molecule has 1 saturated carbocycles. The van der Waals surface area contributed by atoms with Crippen molar-refractivity contribution in [1.29, 1.82) is 0 Å². The van der Waals surface area contributed by atoms with Gasteiger partial charge in [0.15, 0.2) is 0 Å². The van der Waals surface area contributed by atoms with Gasteiger partial charge in [0.1, 0.15) is 18.1 Å². The van der Waals surface area contributed by atoms with Gasteiger partial charge in [0.2, 0.25) is 0 Å². The number of esters is 1. The molecule has 1 aromatic rings. The third-order valence-corrected chi connectivity index (χ3v) is 5.66. The highest BCUT2D eigenvalue weighted by molar-refractivity contribution is 6.12. The standard InChI is InChI=1S/C24H31NO5/c1-6-29-19-10-8-7-9-16(19)21-20(23(27)30-12-11-28-5)15(2)25-17-13-24(3,4)14-18(26)22(17)21/h7-10,21-22H,6,11-14H2,1-5H3/t21-,22?/m0/s1. The van der Waals surface area contributed by atoms with E-state index in [4.69, 9.17) is 19.2 Å². The van der Waals surface area contributed by atoms with Crippen molar-refractivity contribution in [2.24, 2.45) is 16.3 Å². The lowest BCUT2D eigenvalue weighted by Gasteiger charge is -2.41. The molecule has 6 nitrogen and oxygen atoms in total. The van der Waals surface area contributed by atoms with Gasteiger partial charge < -0.3 is 14.2 Å². The normalized spacial score (nSPS) is 23.0. The summed E-state index contributed by atoms with van der Waals surface area (Å²) in [7, 11) is 1.55. The summed E-state index contributed by atoms with van der Waals surface area (Å²) in [5.41, 5.74) is 2.56. The van der Waals surface area contributed by atoms with Gasteiger partial charge in [0.25, 0.3) is 0 Å². The summed E-state index contributed by atoms with van der Waals surface area (Å²) in [5.74, 6) is -0.622. The summed E-state index contributed by atoms with van der Waals surface area (Å²) in [5, 5.41) is 0. The number of para-hydroxylation sites is 1. The highest BCUT2D eigenvalue weighted by Gasteiger charge is 2.48. The molecule has 0 N–H and O–H groups in total. The summed E-state index contributed by atoms with van der Waals surface area (Å²) < 4.78 is 16.3. The minimum Gasteiger partial charge on any atom is -0.494 e. The van der Waals surface area contributed by atoms with Gasteiger partial charge in [0.05, 0.1) is 24.7 Å². The monoisotopic (exact) mass is 413 g/mol. The third kappa shape index (κ3) is 4.48. The van der Waals surface area contributed by atoms with Gasteiger partial charge in [-0.05, 0) is 31.7 Å². The lowest BCUT2D eigenvalue weighted by molar-refractivity contribution is -0.140. The van der Waals surface area contributed by atoms with E-state index in [1.807, 2.05) is 38.1 Å². The molecule has 1 aromatic carbocycles. The molecule has 1 heterocycles. The molecule has 1 fully saturated rings. The summed E-state index contributed by atoms with van der Waals surface area (Å²) in [6, 6.07) is 7.61. The largest absolute Gasteiger partial charge is 0.494 e. The van der Waals surface area contributed by atoms with Crippen molar-refractivity contribution in [2.75, 3.05) is 26.9 Å². The van der Waals surface area contributed by atoms with E-state index < -0.39 is 17.8 Å². The van der Waals surface area contributed by atoms with Crippen LogP contribution in [0.2, 0.25) is 0 Å². The first-order chi connectivity index (χ1) is 14.3. The Morgan fingerprint density at radius 3 is 2.60 bits per heavy atom. The second kappa shape index (κ2) is 9.13. The van der Waals surface area contributed by atoms with Crippen LogP contribution >= 0.6 is 0 Å². The molecule has 0 saturated heterocycles. The Kier molecular flexibility index (Phi) is 6.76. The van der Waals surface area contributed by atoms with E-state index in [2.05, 4.69) is 13.8 Å². The smallest absolute Gasteiger partial charge is 0.336 e. The number of benzene rings is 1. The maximum atomic E-state index is 13.3. The van der Waals surface area contributed by atoms with Gasteiger partial charge in [-0.25, -0.2) is 4.79 Å². The van der Waals surface area contributed by atoms with Gasteiger partial charge >= 0.3 is 5.97 Å². The van der Waals surface area contributed by atoms with Crippen LogP contribution in [0, 0.1) is 11.3 Å². The molecule has 6 heteroatoms. The lowest BCUT2D eigenvalue weighted by Crippen LogP contribution is -2.44. The molecule has 30 heavy (non-hydrogen) atoms. The zero-order valence-corrected chi connectivity index (χ0v) is 18.5. The number of ketones is 1. The van der Waals surface area contributed by atoms with E-state index in [9.17, 15) is 9.59 Å². The van der Waals surface area contributed by atoms with Gasteiger partial charge in [-0.1, -0.05) is 32.0 Å². The fraction of sp³-hybridized carbons (Fsp3) is 0.542. The number of carbonyl (C=O) groups is 2. The Morgan fingerprint density at radius 2 is 1.90 bits per heavy atom. The highest BCUT2D eigenvalue weighted by atomic mass is 16.6. The number of aliphatic imine (C=N–C) groups is 1. The average Bonchev–Trinajstić information content (AvgIpc) is 2.66. The number of fused-ring (bicyclic) bond motifs is 1. The predicted molar refractivity (Wildman–Crippen MR) is 115 cm³/mol. The second-order valence-electron chi connectivity index (χ2n) is 8.64. The number of allylic oxidation sites excluding steroid dienone is 1. The number of methoxy groups -OCH3 is 1. The van der Waals surface area contributed by atoms with Crippen LogP contribution < -0.4 is 4.74 Å². The van der Waals surface area contributed by atoms with Gasteiger partial charge in [-0.2, -0.15) is 0 Å². The first kappa shape index (κ1) is 22.2. The molecule has 0 spiro atoms. The molecular formula is C24H31NO5. The first-order valence-corrected chi connectivity index (χ1v) is 10.5. The number of nitrogens with zero attached hydrogens (tertiary/aromatic N) is 1. The molecule has 0 bridgehead atoms. The van der Waals surface area contributed by atoms with Crippen LogP contribution in [-0.4, -0.2) is 44.4 Å². The van der Waals surface area contributed by atoms with Crippen LogP contribution in [0.5, 0.6) is 5.75 Å². The van der Waals surface area contributed by atoms with Gasteiger partial charge in [-0.3, -0.25) is 9.79 Å². The maximum absolute atomic E-state index is 13.3. The zero-order valence-electron chi connectivity index (χ0n) is 18.5. The van der Waals surface area contributed by atoms with E-state index >= 15 is 0 Å². The molecule has 0 radical (unpaired) electrons. The second-order valence-corrected chi connectivity index (χ2v) is 8.64.